The van der Waals surface area contributed by atoms with Gasteiger partial charge in [-0.2, -0.15) is 0 Å². The quantitative estimate of drug-likeness (QED) is 0.786. The van der Waals surface area contributed by atoms with E-state index in [-0.39, 0.29) is 5.78 Å². The minimum absolute atomic E-state index is 0.0214. The van der Waals surface area contributed by atoms with Crippen LogP contribution < -0.4 is 10.5 Å². The number of Topliss-reactive ketones (excluding diaryl/α,β-unsaturated/α-hetero) is 1. The summed E-state index contributed by atoms with van der Waals surface area (Å²) in [6, 6.07) is 5.04. The molecule has 0 aliphatic rings. The molecule has 0 aromatic heterocycles. The third kappa shape index (κ3) is 3.22. The summed E-state index contributed by atoms with van der Waals surface area (Å²) >= 11 is 5.95. The molecule has 0 aliphatic carbocycles. The molecule has 0 saturated heterocycles. The molecule has 0 atom stereocenters. The van der Waals surface area contributed by atoms with Gasteiger partial charge in [0.15, 0.2) is 5.78 Å². The highest BCUT2D eigenvalue weighted by Crippen LogP contribution is 2.23. The van der Waals surface area contributed by atoms with Crippen LogP contribution in [-0.4, -0.2) is 19.4 Å². The van der Waals surface area contributed by atoms with Gasteiger partial charge in [0.1, 0.15) is 5.75 Å². The minimum Gasteiger partial charge on any atom is -0.497 e. The Hall–Kier alpha value is -1.06. The van der Waals surface area contributed by atoms with Gasteiger partial charge in [0.05, 0.1) is 12.1 Å². The van der Waals surface area contributed by atoms with E-state index >= 15 is 0 Å². The lowest BCUT2D eigenvalue weighted by Gasteiger charge is -2.05. The average Bonchev–Trinajstić information content (AvgIpc) is 2.25. The number of ether oxygens (including phenoxy) is 1. The summed E-state index contributed by atoms with van der Waals surface area (Å²) < 4.78 is 5.00. The van der Waals surface area contributed by atoms with Crippen molar-refractivity contribution < 1.29 is 9.53 Å². The van der Waals surface area contributed by atoms with Gasteiger partial charge in [0.2, 0.25) is 0 Å². The summed E-state index contributed by atoms with van der Waals surface area (Å²) in [5.74, 6) is 0.670. The van der Waals surface area contributed by atoms with Gasteiger partial charge >= 0.3 is 0 Å². The topological polar surface area (TPSA) is 52.3 Å². The fourth-order valence-corrected chi connectivity index (χ4v) is 1.52. The number of halogens is 1. The molecule has 0 fully saturated rings. The third-order valence-electron chi connectivity index (χ3n) is 2.08. The number of rotatable bonds is 5. The van der Waals surface area contributed by atoms with E-state index in [1.165, 1.54) is 0 Å². The zero-order chi connectivity index (χ0) is 11.3. The Morgan fingerprint density at radius 1 is 1.53 bits per heavy atom. The first-order valence-corrected chi connectivity index (χ1v) is 5.13. The number of carbonyl (C=O) groups is 1. The molecule has 0 spiro atoms. The summed E-state index contributed by atoms with van der Waals surface area (Å²) in [4.78, 5) is 11.6. The fraction of sp³-hybridized carbons (Fsp3) is 0.364. The number of ketones is 1. The Bertz CT molecular complexity index is 352. The lowest BCUT2D eigenvalue weighted by molar-refractivity contribution is 0.0981. The molecule has 2 N–H and O–H groups in total. The number of benzene rings is 1. The molecule has 0 saturated carbocycles. The molecule has 1 rings (SSSR count). The Morgan fingerprint density at radius 2 is 2.27 bits per heavy atom. The smallest absolute Gasteiger partial charge is 0.164 e. The Balaban J connectivity index is 2.81. The van der Waals surface area contributed by atoms with E-state index in [1.807, 2.05) is 0 Å². The second-order valence-corrected chi connectivity index (χ2v) is 3.57. The molecule has 0 unspecified atom stereocenters. The van der Waals surface area contributed by atoms with Crippen molar-refractivity contribution in [2.45, 2.75) is 12.8 Å². The number of hydrogen-bond acceptors (Lipinski definition) is 3. The molecule has 0 radical (unpaired) electrons. The van der Waals surface area contributed by atoms with E-state index in [0.29, 0.717) is 35.7 Å². The number of nitrogens with two attached hydrogens (primary N) is 1. The average molecular weight is 228 g/mol. The second-order valence-electron chi connectivity index (χ2n) is 3.16. The molecule has 1 aromatic rings. The van der Waals surface area contributed by atoms with Gasteiger partial charge in [-0.25, -0.2) is 0 Å². The summed E-state index contributed by atoms with van der Waals surface area (Å²) in [7, 11) is 1.56. The molecule has 15 heavy (non-hydrogen) atoms. The summed E-state index contributed by atoms with van der Waals surface area (Å²) in [6.07, 6.45) is 1.11. The first kappa shape index (κ1) is 12.0. The molecule has 4 heteroatoms. The van der Waals surface area contributed by atoms with Crippen LogP contribution in [0.3, 0.4) is 0 Å². The maximum atomic E-state index is 11.6. The molecule has 0 aliphatic heterocycles. The van der Waals surface area contributed by atoms with Crippen LogP contribution in [0.25, 0.3) is 0 Å². The van der Waals surface area contributed by atoms with Crippen molar-refractivity contribution in [3.8, 4) is 5.75 Å². The second kappa shape index (κ2) is 5.73. The van der Waals surface area contributed by atoms with Crippen molar-refractivity contribution in [2.75, 3.05) is 13.7 Å². The van der Waals surface area contributed by atoms with Crippen LogP contribution >= 0.6 is 11.6 Å². The Kier molecular flexibility index (Phi) is 4.59. The van der Waals surface area contributed by atoms with Crippen molar-refractivity contribution in [1.29, 1.82) is 0 Å². The fourth-order valence-electron chi connectivity index (χ4n) is 1.25. The first-order valence-electron chi connectivity index (χ1n) is 4.76. The highest BCUT2D eigenvalue weighted by molar-refractivity contribution is 6.34. The molecule has 0 amide bonds. The lowest BCUT2D eigenvalue weighted by Crippen LogP contribution is -2.05. The van der Waals surface area contributed by atoms with Crippen molar-refractivity contribution >= 4 is 17.4 Å². The zero-order valence-electron chi connectivity index (χ0n) is 8.63. The van der Waals surface area contributed by atoms with E-state index in [9.17, 15) is 4.79 Å². The largest absolute Gasteiger partial charge is 0.497 e. The molecule has 1 aromatic carbocycles. The first-order chi connectivity index (χ1) is 7.19. The van der Waals surface area contributed by atoms with Crippen LogP contribution in [0.15, 0.2) is 18.2 Å². The van der Waals surface area contributed by atoms with Gasteiger partial charge in [0.25, 0.3) is 0 Å². The standard InChI is InChI=1S/C11H14ClNO2/c1-15-8-4-5-9(10(12)7-8)11(14)3-2-6-13/h4-5,7H,2-3,6,13H2,1H3. The van der Waals surface area contributed by atoms with E-state index in [2.05, 4.69) is 0 Å². The van der Waals surface area contributed by atoms with E-state index < -0.39 is 0 Å². The van der Waals surface area contributed by atoms with Crippen LogP contribution in [0.1, 0.15) is 23.2 Å². The predicted molar refractivity (Wildman–Crippen MR) is 60.6 cm³/mol. The van der Waals surface area contributed by atoms with E-state index in [0.717, 1.165) is 0 Å². The van der Waals surface area contributed by atoms with Gasteiger partial charge < -0.3 is 10.5 Å². The lowest BCUT2D eigenvalue weighted by atomic mass is 10.1. The van der Waals surface area contributed by atoms with Crippen LogP contribution in [0.4, 0.5) is 0 Å². The summed E-state index contributed by atoms with van der Waals surface area (Å²) in [6.45, 7) is 0.513. The Labute approximate surface area is 94.2 Å². The van der Waals surface area contributed by atoms with Crippen molar-refractivity contribution in [2.24, 2.45) is 5.73 Å². The summed E-state index contributed by atoms with van der Waals surface area (Å²) in [5, 5.41) is 0.427. The predicted octanol–water partition coefficient (Wildman–Crippen LogP) is 2.27. The number of hydrogen-bond donors (Lipinski definition) is 1. The monoisotopic (exact) mass is 227 g/mol. The van der Waals surface area contributed by atoms with Crippen molar-refractivity contribution in [1.82, 2.24) is 0 Å². The molecule has 3 nitrogen and oxygen atoms in total. The maximum absolute atomic E-state index is 11.6. The van der Waals surface area contributed by atoms with Gasteiger partial charge in [0, 0.05) is 12.0 Å². The zero-order valence-corrected chi connectivity index (χ0v) is 9.38. The maximum Gasteiger partial charge on any atom is 0.164 e. The molecular formula is C11H14ClNO2. The van der Waals surface area contributed by atoms with Crippen LogP contribution in [0.2, 0.25) is 5.02 Å². The molecular weight excluding hydrogens is 214 g/mol. The summed E-state index contributed by atoms with van der Waals surface area (Å²) in [5.41, 5.74) is 5.87. The van der Waals surface area contributed by atoms with E-state index in [1.54, 1.807) is 25.3 Å². The molecule has 82 valence electrons. The van der Waals surface area contributed by atoms with Crippen LogP contribution in [0, 0.1) is 0 Å². The SMILES string of the molecule is COc1ccc(C(=O)CCCN)c(Cl)c1. The highest BCUT2D eigenvalue weighted by Gasteiger charge is 2.10. The van der Waals surface area contributed by atoms with Gasteiger partial charge in [-0.1, -0.05) is 11.6 Å². The number of methoxy groups -OCH3 is 1. The third-order valence-corrected chi connectivity index (χ3v) is 2.40. The van der Waals surface area contributed by atoms with Gasteiger partial charge in [-0.05, 0) is 31.2 Å². The minimum atomic E-state index is 0.0214. The Morgan fingerprint density at radius 3 is 2.80 bits per heavy atom. The van der Waals surface area contributed by atoms with Gasteiger partial charge in [-0.3, -0.25) is 4.79 Å². The normalized spacial score (nSPS) is 10.1. The molecule has 0 heterocycles. The van der Waals surface area contributed by atoms with Crippen molar-refractivity contribution in [3.63, 3.8) is 0 Å². The number of carbonyl (C=O) groups excluding carboxylic acids is 1. The van der Waals surface area contributed by atoms with Crippen molar-refractivity contribution in [3.05, 3.63) is 28.8 Å². The van der Waals surface area contributed by atoms with E-state index in [4.69, 9.17) is 22.1 Å². The highest BCUT2D eigenvalue weighted by atomic mass is 35.5. The van der Waals surface area contributed by atoms with Crippen LogP contribution in [0.5, 0.6) is 5.75 Å². The molecule has 0 bridgehead atoms. The van der Waals surface area contributed by atoms with Gasteiger partial charge in [-0.15, -0.1) is 0 Å². The van der Waals surface area contributed by atoms with Crippen LogP contribution in [-0.2, 0) is 0 Å².